The zero-order valence-electron chi connectivity index (χ0n) is 13.1. The molecule has 0 aromatic heterocycles. The van der Waals surface area contributed by atoms with E-state index in [2.05, 4.69) is 9.71 Å². The summed E-state index contributed by atoms with van der Waals surface area (Å²) in [4.78, 5) is 0. The van der Waals surface area contributed by atoms with E-state index in [0.29, 0.717) is 12.8 Å². The number of hydrogen-bond acceptors (Lipinski definition) is 4. The SMILES string of the molecule is O=S1(=O)N=C(NC2CCCCC2)OC(c2ccccc2)C12CC2. The molecule has 0 saturated heterocycles. The summed E-state index contributed by atoms with van der Waals surface area (Å²) in [5.41, 5.74) is 0.909. The van der Waals surface area contributed by atoms with Crippen LogP contribution in [0.4, 0.5) is 0 Å². The maximum Gasteiger partial charge on any atom is 0.301 e. The van der Waals surface area contributed by atoms with E-state index in [1.165, 1.54) is 19.3 Å². The van der Waals surface area contributed by atoms with Crippen molar-refractivity contribution in [3.05, 3.63) is 35.9 Å². The zero-order valence-corrected chi connectivity index (χ0v) is 13.9. The molecule has 1 aromatic rings. The van der Waals surface area contributed by atoms with Crippen molar-refractivity contribution < 1.29 is 13.2 Å². The lowest BCUT2D eigenvalue weighted by molar-refractivity contribution is 0.157. The van der Waals surface area contributed by atoms with Gasteiger partial charge in [-0.3, -0.25) is 0 Å². The molecule has 1 spiro atoms. The second kappa shape index (κ2) is 5.51. The van der Waals surface area contributed by atoms with E-state index in [1.54, 1.807) is 0 Å². The van der Waals surface area contributed by atoms with Gasteiger partial charge in [-0.15, -0.1) is 4.40 Å². The first-order valence-corrected chi connectivity index (χ1v) is 9.87. The van der Waals surface area contributed by atoms with Crippen molar-refractivity contribution in [3.8, 4) is 0 Å². The number of sulfonamides is 1. The molecule has 2 saturated carbocycles. The maximum absolute atomic E-state index is 12.7. The van der Waals surface area contributed by atoms with Crippen LogP contribution < -0.4 is 5.32 Å². The van der Waals surface area contributed by atoms with E-state index in [1.807, 2.05) is 30.3 Å². The molecule has 23 heavy (non-hydrogen) atoms. The predicted octanol–water partition coefficient (Wildman–Crippen LogP) is 2.90. The van der Waals surface area contributed by atoms with Crippen LogP contribution in [-0.2, 0) is 14.8 Å². The second-order valence-corrected chi connectivity index (χ2v) is 8.77. The first kappa shape index (κ1) is 15.0. The number of nitrogens with one attached hydrogen (secondary N) is 1. The van der Waals surface area contributed by atoms with Gasteiger partial charge < -0.3 is 10.1 Å². The molecule has 4 rings (SSSR count). The normalized spacial score (nSPS) is 28.7. The van der Waals surface area contributed by atoms with Gasteiger partial charge in [0.25, 0.3) is 10.0 Å². The zero-order chi connectivity index (χ0) is 15.9. The van der Waals surface area contributed by atoms with Gasteiger partial charge >= 0.3 is 6.02 Å². The van der Waals surface area contributed by atoms with Crippen LogP contribution in [0.1, 0.15) is 56.6 Å². The van der Waals surface area contributed by atoms with E-state index in [-0.39, 0.29) is 12.1 Å². The van der Waals surface area contributed by atoms with Gasteiger partial charge in [-0.2, -0.15) is 0 Å². The summed E-state index contributed by atoms with van der Waals surface area (Å²) in [5, 5.41) is 3.23. The Bertz CT molecular complexity index is 705. The highest BCUT2D eigenvalue weighted by molar-refractivity contribution is 7.92. The Morgan fingerprint density at radius 1 is 1.09 bits per heavy atom. The Labute approximate surface area is 137 Å². The van der Waals surface area contributed by atoms with Crippen molar-refractivity contribution in [1.82, 2.24) is 5.32 Å². The van der Waals surface area contributed by atoms with Crippen LogP contribution in [0.15, 0.2) is 34.7 Å². The minimum Gasteiger partial charge on any atom is -0.455 e. The quantitative estimate of drug-likeness (QED) is 0.903. The Kier molecular flexibility index (Phi) is 3.59. The smallest absolute Gasteiger partial charge is 0.301 e. The minimum atomic E-state index is -3.55. The van der Waals surface area contributed by atoms with Gasteiger partial charge in [-0.1, -0.05) is 49.6 Å². The molecule has 124 valence electrons. The number of ether oxygens (including phenoxy) is 1. The molecule has 6 heteroatoms. The monoisotopic (exact) mass is 334 g/mol. The molecule has 1 N–H and O–H groups in total. The fourth-order valence-corrected chi connectivity index (χ4v) is 5.27. The Morgan fingerprint density at radius 3 is 2.43 bits per heavy atom. The van der Waals surface area contributed by atoms with Crippen LogP contribution in [0.5, 0.6) is 0 Å². The van der Waals surface area contributed by atoms with Crippen LogP contribution in [0.2, 0.25) is 0 Å². The maximum atomic E-state index is 12.7. The van der Waals surface area contributed by atoms with Gasteiger partial charge in [-0.25, -0.2) is 8.42 Å². The van der Waals surface area contributed by atoms with Gasteiger partial charge in [-0.05, 0) is 31.2 Å². The summed E-state index contributed by atoms with van der Waals surface area (Å²) < 4.78 is 34.5. The van der Waals surface area contributed by atoms with E-state index in [4.69, 9.17) is 4.74 Å². The van der Waals surface area contributed by atoms with Gasteiger partial charge in [0.05, 0.1) is 0 Å². The molecule has 0 radical (unpaired) electrons. The lowest BCUT2D eigenvalue weighted by Crippen LogP contribution is -2.45. The van der Waals surface area contributed by atoms with Gasteiger partial charge in [0.15, 0.2) is 0 Å². The molecule has 1 aliphatic heterocycles. The molecule has 2 aliphatic carbocycles. The molecule has 2 fully saturated rings. The van der Waals surface area contributed by atoms with Gasteiger partial charge in [0.1, 0.15) is 10.9 Å². The van der Waals surface area contributed by atoms with E-state index >= 15 is 0 Å². The van der Waals surface area contributed by atoms with Crippen molar-refractivity contribution in [2.75, 3.05) is 0 Å². The third kappa shape index (κ3) is 2.63. The molecule has 3 aliphatic rings. The molecule has 1 heterocycles. The van der Waals surface area contributed by atoms with E-state index in [9.17, 15) is 8.42 Å². The van der Waals surface area contributed by atoms with Crippen LogP contribution in [-0.4, -0.2) is 25.2 Å². The van der Waals surface area contributed by atoms with Crippen LogP contribution in [0.3, 0.4) is 0 Å². The van der Waals surface area contributed by atoms with Crippen LogP contribution in [0, 0.1) is 0 Å². The molecule has 1 atom stereocenters. The Balaban J connectivity index is 1.63. The molecule has 1 aromatic carbocycles. The first-order chi connectivity index (χ1) is 11.1. The Hall–Kier alpha value is -1.56. The van der Waals surface area contributed by atoms with Crippen molar-refractivity contribution in [2.24, 2.45) is 4.40 Å². The largest absolute Gasteiger partial charge is 0.455 e. The number of rotatable bonds is 2. The van der Waals surface area contributed by atoms with Gasteiger partial charge in [0.2, 0.25) is 0 Å². The minimum absolute atomic E-state index is 0.184. The molecule has 0 bridgehead atoms. The molecule has 5 nitrogen and oxygen atoms in total. The average Bonchev–Trinajstić information content (AvgIpc) is 3.35. The third-order valence-corrected chi connectivity index (χ3v) is 7.26. The molecule has 1 unspecified atom stereocenters. The highest BCUT2D eigenvalue weighted by Crippen LogP contribution is 2.56. The number of hydrogen-bond donors (Lipinski definition) is 1. The molecular formula is C17H22N2O3S. The van der Waals surface area contributed by atoms with Crippen LogP contribution >= 0.6 is 0 Å². The van der Waals surface area contributed by atoms with Crippen molar-refractivity contribution in [2.45, 2.75) is 61.8 Å². The lowest BCUT2D eigenvalue weighted by Gasteiger charge is -2.33. The summed E-state index contributed by atoms with van der Waals surface area (Å²) in [5.74, 6) is 0. The number of amidine groups is 1. The lowest BCUT2D eigenvalue weighted by atomic mass is 9.96. The fourth-order valence-electron chi connectivity index (χ4n) is 3.70. The van der Waals surface area contributed by atoms with Crippen molar-refractivity contribution in [3.63, 3.8) is 0 Å². The molecule has 0 amide bonds. The predicted molar refractivity (Wildman–Crippen MR) is 88.6 cm³/mol. The highest BCUT2D eigenvalue weighted by atomic mass is 32.2. The average molecular weight is 334 g/mol. The van der Waals surface area contributed by atoms with E-state index in [0.717, 1.165) is 18.4 Å². The summed E-state index contributed by atoms with van der Waals surface area (Å²) in [6.07, 6.45) is 6.46. The van der Waals surface area contributed by atoms with Crippen molar-refractivity contribution >= 4 is 16.0 Å². The fraction of sp³-hybridized carbons (Fsp3) is 0.588. The van der Waals surface area contributed by atoms with Crippen molar-refractivity contribution in [1.29, 1.82) is 0 Å². The molecular weight excluding hydrogens is 312 g/mol. The summed E-state index contributed by atoms with van der Waals surface area (Å²) >= 11 is 0. The summed E-state index contributed by atoms with van der Waals surface area (Å²) in [6.45, 7) is 0. The first-order valence-electron chi connectivity index (χ1n) is 8.43. The summed E-state index contributed by atoms with van der Waals surface area (Å²) in [6, 6.07) is 10.1. The topological polar surface area (TPSA) is 67.8 Å². The number of benzene rings is 1. The van der Waals surface area contributed by atoms with Gasteiger partial charge in [0, 0.05) is 6.04 Å². The van der Waals surface area contributed by atoms with Crippen LogP contribution in [0.25, 0.3) is 0 Å². The number of nitrogens with zero attached hydrogens (tertiary/aromatic N) is 1. The Morgan fingerprint density at radius 2 is 1.78 bits per heavy atom. The highest BCUT2D eigenvalue weighted by Gasteiger charge is 2.64. The standard InChI is InChI=1S/C17H22N2O3S/c20-23(21)17(11-12-17)15(13-7-3-1-4-8-13)22-16(19-23)18-14-9-5-2-6-10-14/h1,3-4,7-8,14-15H,2,5-6,9-12H2,(H,18,19). The van der Waals surface area contributed by atoms with E-state index < -0.39 is 20.9 Å². The second-order valence-electron chi connectivity index (χ2n) is 6.82. The third-order valence-electron chi connectivity index (χ3n) is 5.20. The summed E-state index contributed by atoms with van der Waals surface area (Å²) in [7, 11) is -3.55.